The van der Waals surface area contributed by atoms with E-state index in [2.05, 4.69) is 17.2 Å². The largest absolute Gasteiger partial charge is 0.455 e. The Bertz CT molecular complexity index is 555. The van der Waals surface area contributed by atoms with E-state index >= 15 is 0 Å². The van der Waals surface area contributed by atoms with E-state index in [1.54, 1.807) is 6.20 Å². The highest BCUT2D eigenvalue weighted by molar-refractivity contribution is 6.30. The van der Waals surface area contributed by atoms with Crippen LogP contribution < -0.4 is 10.1 Å². The van der Waals surface area contributed by atoms with Gasteiger partial charge in [-0.2, -0.15) is 0 Å². The Morgan fingerprint density at radius 1 is 1.25 bits per heavy atom. The molecule has 0 aliphatic rings. The first kappa shape index (κ1) is 14.8. The van der Waals surface area contributed by atoms with E-state index in [4.69, 9.17) is 16.3 Å². The van der Waals surface area contributed by atoms with Crippen molar-refractivity contribution in [1.82, 2.24) is 10.3 Å². The van der Waals surface area contributed by atoms with Crippen LogP contribution in [0.3, 0.4) is 0 Å². The minimum atomic E-state index is 0.715. The van der Waals surface area contributed by atoms with Gasteiger partial charge in [-0.15, -0.1) is 0 Å². The number of halogens is 1. The van der Waals surface area contributed by atoms with Gasteiger partial charge in [0.2, 0.25) is 0 Å². The van der Waals surface area contributed by atoms with E-state index < -0.39 is 0 Å². The lowest BCUT2D eigenvalue weighted by atomic mass is 10.2. The second-order valence-electron chi connectivity index (χ2n) is 4.67. The van der Waals surface area contributed by atoms with E-state index in [0.717, 1.165) is 42.3 Å². The summed E-state index contributed by atoms with van der Waals surface area (Å²) in [6.07, 6.45) is 2.83. The second-order valence-corrected chi connectivity index (χ2v) is 5.10. The van der Waals surface area contributed by atoms with Crippen molar-refractivity contribution in [2.45, 2.75) is 26.8 Å². The number of rotatable bonds is 6. The lowest BCUT2D eigenvalue weighted by Crippen LogP contribution is -2.14. The van der Waals surface area contributed by atoms with Crippen molar-refractivity contribution in [1.29, 1.82) is 0 Å². The van der Waals surface area contributed by atoms with Crippen LogP contribution in [0.4, 0.5) is 0 Å². The van der Waals surface area contributed by atoms with Gasteiger partial charge in [0.25, 0.3) is 0 Å². The highest BCUT2D eigenvalue weighted by Gasteiger charge is 2.06. The summed E-state index contributed by atoms with van der Waals surface area (Å²) in [6.45, 7) is 5.80. The molecule has 20 heavy (non-hydrogen) atoms. The molecule has 0 fully saturated rings. The zero-order chi connectivity index (χ0) is 14.4. The molecule has 0 aliphatic heterocycles. The SMILES string of the molecule is CCCNCc1cc(Cl)ccc1Oc1ccc(C)nc1. The molecule has 1 N–H and O–H groups in total. The highest BCUT2D eigenvalue weighted by atomic mass is 35.5. The van der Waals surface area contributed by atoms with Gasteiger partial charge >= 0.3 is 0 Å². The van der Waals surface area contributed by atoms with Crippen molar-refractivity contribution < 1.29 is 4.74 Å². The number of ether oxygens (including phenoxy) is 1. The Balaban J connectivity index is 2.15. The van der Waals surface area contributed by atoms with Crippen LogP contribution in [0, 0.1) is 6.92 Å². The molecule has 4 heteroatoms. The fraction of sp³-hybridized carbons (Fsp3) is 0.312. The van der Waals surface area contributed by atoms with Gasteiger partial charge in [0.05, 0.1) is 6.20 Å². The Labute approximate surface area is 124 Å². The molecule has 0 radical (unpaired) electrons. The minimum absolute atomic E-state index is 0.715. The normalized spacial score (nSPS) is 10.6. The van der Waals surface area contributed by atoms with Gasteiger partial charge in [0.1, 0.15) is 11.5 Å². The van der Waals surface area contributed by atoms with E-state index in [9.17, 15) is 0 Å². The summed E-state index contributed by atoms with van der Waals surface area (Å²) < 4.78 is 5.89. The van der Waals surface area contributed by atoms with Gasteiger partial charge in [-0.25, -0.2) is 0 Å². The number of hydrogen-bond donors (Lipinski definition) is 1. The molecular weight excluding hydrogens is 272 g/mol. The molecular formula is C16H19ClN2O. The van der Waals surface area contributed by atoms with E-state index in [1.807, 2.05) is 37.3 Å². The molecule has 2 aromatic rings. The van der Waals surface area contributed by atoms with Gasteiger partial charge in [0, 0.05) is 22.8 Å². The van der Waals surface area contributed by atoms with Crippen molar-refractivity contribution in [3.63, 3.8) is 0 Å². The average molecular weight is 291 g/mol. The molecule has 1 aromatic heterocycles. The number of aromatic nitrogens is 1. The summed E-state index contributed by atoms with van der Waals surface area (Å²) in [5, 5.41) is 4.08. The van der Waals surface area contributed by atoms with Gasteiger partial charge in [-0.3, -0.25) is 4.98 Å². The standard InChI is InChI=1S/C16H19ClN2O/c1-3-8-18-10-13-9-14(17)5-7-16(13)20-15-6-4-12(2)19-11-15/h4-7,9,11,18H,3,8,10H2,1-2H3. The van der Waals surface area contributed by atoms with Crippen LogP contribution in [0.2, 0.25) is 5.02 Å². The molecule has 0 spiro atoms. The number of nitrogens with zero attached hydrogens (tertiary/aromatic N) is 1. The Kier molecular flexibility index (Phi) is 5.39. The maximum absolute atomic E-state index is 6.06. The van der Waals surface area contributed by atoms with Crippen molar-refractivity contribution in [3.05, 3.63) is 52.8 Å². The molecule has 0 atom stereocenters. The second kappa shape index (κ2) is 7.27. The van der Waals surface area contributed by atoms with Gasteiger partial charge < -0.3 is 10.1 Å². The maximum Gasteiger partial charge on any atom is 0.145 e. The smallest absolute Gasteiger partial charge is 0.145 e. The van der Waals surface area contributed by atoms with Crippen LogP contribution in [-0.2, 0) is 6.54 Å². The maximum atomic E-state index is 6.06. The molecule has 0 amide bonds. The quantitative estimate of drug-likeness (QED) is 0.804. The summed E-state index contributed by atoms with van der Waals surface area (Å²) in [5.41, 5.74) is 2.02. The first-order chi connectivity index (χ1) is 9.69. The molecule has 106 valence electrons. The number of pyridine rings is 1. The summed E-state index contributed by atoms with van der Waals surface area (Å²) in [4.78, 5) is 4.23. The van der Waals surface area contributed by atoms with Crippen molar-refractivity contribution in [2.24, 2.45) is 0 Å². The number of aryl methyl sites for hydroxylation is 1. The van der Waals surface area contributed by atoms with Crippen molar-refractivity contribution >= 4 is 11.6 Å². The Hall–Kier alpha value is -1.58. The fourth-order valence-electron chi connectivity index (χ4n) is 1.83. The van der Waals surface area contributed by atoms with Crippen molar-refractivity contribution in [2.75, 3.05) is 6.54 Å². The minimum Gasteiger partial charge on any atom is -0.455 e. The molecule has 0 bridgehead atoms. The molecule has 0 saturated heterocycles. The lowest BCUT2D eigenvalue weighted by Gasteiger charge is -2.12. The summed E-state index contributed by atoms with van der Waals surface area (Å²) in [6, 6.07) is 9.51. The van der Waals surface area contributed by atoms with E-state index in [1.165, 1.54) is 0 Å². The fourth-order valence-corrected chi connectivity index (χ4v) is 2.02. The third kappa shape index (κ3) is 4.22. The lowest BCUT2D eigenvalue weighted by molar-refractivity contribution is 0.470. The average Bonchev–Trinajstić information content (AvgIpc) is 2.44. The van der Waals surface area contributed by atoms with Crippen LogP contribution in [0.25, 0.3) is 0 Å². The first-order valence-electron chi connectivity index (χ1n) is 6.78. The predicted octanol–water partition coefficient (Wildman–Crippen LogP) is 4.34. The summed E-state index contributed by atoms with van der Waals surface area (Å²) in [7, 11) is 0. The Morgan fingerprint density at radius 3 is 2.80 bits per heavy atom. The predicted molar refractivity (Wildman–Crippen MR) is 82.5 cm³/mol. The molecule has 3 nitrogen and oxygen atoms in total. The molecule has 1 aromatic carbocycles. The zero-order valence-corrected chi connectivity index (χ0v) is 12.6. The van der Waals surface area contributed by atoms with Crippen LogP contribution in [0.15, 0.2) is 36.5 Å². The monoisotopic (exact) mass is 290 g/mol. The number of nitrogens with one attached hydrogen (secondary N) is 1. The third-order valence-electron chi connectivity index (χ3n) is 2.88. The molecule has 2 rings (SSSR count). The van der Waals surface area contributed by atoms with Gasteiger partial charge in [-0.1, -0.05) is 18.5 Å². The first-order valence-corrected chi connectivity index (χ1v) is 7.16. The summed E-state index contributed by atoms with van der Waals surface area (Å²) >= 11 is 6.06. The highest BCUT2D eigenvalue weighted by Crippen LogP contribution is 2.27. The van der Waals surface area contributed by atoms with Crippen LogP contribution in [0.1, 0.15) is 24.6 Å². The van der Waals surface area contributed by atoms with Crippen LogP contribution in [-0.4, -0.2) is 11.5 Å². The molecule has 1 heterocycles. The topological polar surface area (TPSA) is 34.1 Å². The number of benzene rings is 1. The molecule has 0 aliphatic carbocycles. The molecule has 0 unspecified atom stereocenters. The molecule has 0 saturated carbocycles. The van der Waals surface area contributed by atoms with Gasteiger partial charge in [0.15, 0.2) is 0 Å². The Morgan fingerprint density at radius 2 is 2.10 bits per heavy atom. The van der Waals surface area contributed by atoms with E-state index in [0.29, 0.717) is 5.02 Å². The van der Waals surface area contributed by atoms with Crippen molar-refractivity contribution in [3.8, 4) is 11.5 Å². The van der Waals surface area contributed by atoms with Crippen LogP contribution in [0.5, 0.6) is 11.5 Å². The number of hydrogen-bond acceptors (Lipinski definition) is 3. The summed E-state index contributed by atoms with van der Waals surface area (Å²) in [5.74, 6) is 1.54. The third-order valence-corrected chi connectivity index (χ3v) is 3.11. The van der Waals surface area contributed by atoms with Crippen LogP contribution >= 0.6 is 11.6 Å². The van der Waals surface area contributed by atoms with E-state index in [-0.39, 0.29) is 0 Å². The zero-order valence-electron chi connectivity index (χ0n) is 11.8. The van der Waals surface area contributed by atoms with Gasteiger partial charge in [-0.05, 0) is 50.2 Å².